The van der Waals surface area contributed by atoms with E-state index < -0.39 is 11.7 Å². The first-order chi connectivity index (χ1) is 15.5. The lowest BCUT2D eigenvalue weighted by Crippen LogP contribution is -2.42. The second-order valence-corrected chi connectivity index (χ2v) is 9.45. The molecule has 33 heavy (non-hydrogen) atoms. The van der Waals surface area contributed by atoms with Gasteiger partial charge in [-0.25, -0.2) is 4.79 Å². The number of hydrogen-bond acceptors (Lipinski definition) is 5. The molecule has 1 aliphatic heterocycles. The van der Waals surface area contributed by atoms with Crippen LogP contribution in [0, 0.1) is 0 Å². The minimum atomic E-state index is -0.632. The summed E-state index contributed by atoms with van der Waals surface area (Å²) in [6.45, 7) is 9.53. The smallest absolute Gasteiger partial charge is 0.407 e. The van der Waals surface area contributed by atoms with Crippen molar-refractivity contribution < 1.29 is 23.9 Å². The normalized spacial score (nSPS) is 14.3. The van der Waals surface area contributed by atoms with Crippen molar-refractivity contribution in [3.05, 3.63) is 65.2 Å². The summed E-state index contributed by atoms with van der Waals surface area (Å²) in [5.74, 6) is 0.167. The SMILES string of the molecule is CC(C)Oc1ccc(C[C@@H](CCN2C(=O)c3ccccc3C2=O)NC(=O)OC(C)(C)C)cc1. The molecule has 0 spiro atoms. The van der Waals surface area contributed by atoms with E-state index in [1.165, 1.54) is 4.90 Å². The number of rotatable bonds is 8. The molecule has 3 rings (SSSR count). The summed E-state index contributed by atoms with van der Waals surface area (Å²) in [7, 11) is 0. The predicted molar refractivity (Wildman–Crippen MR) is 125 cm³/mol. The zero-order chi connectivity index (χ0) is 24.2. The van der Waals surface area contributed by atoms with Crippen molar-refractivity contribution in [2.75, 3.05) is 6.54 Å². The molecule has 1 aliphatic rings. The van der Waals surface area contributed by atoms with Crippen molar-refractivity contribution >= 4 is 17.9 Å². The van der Waals surface area contributed by atoms with E-state index in [0.717, 1.165) is 11.3 Å². The quantitative estimate of drug-likeness (QED) is 0.592. The maximum Gasteiger partial charge on any atom is 0.407 e. The Hall–Kier alpha value is -3.35. The summed E-state index contributed by atoms with van der Waals surface area (Å²) in [4.78, 5) is 39.1. The van der Waals surface area contributed by atoms with Crippen molar-refractivity contribution in [1.82, 2.24) is 10.2 Å². The van der Waals surface area contributed by atoms with Gasteiger partial charge in [0, 0.05) is 12.6 Å². The predicted octanol–water partition coefficient (Wildman–Crippen LogP) is 4.60. The molecular formula is C26H32N2O5. The van der Waals surface area contributed by atoms with Gasteiger partial charge in [-0.1, -0.05) is 24.3 Å². The molecule has 0 fully saturated rings. The molecule has 7 heteroatoms. The Bertz CT molecular complexity index is 973. The average Bonchev–Trinajstić information content (AvgIpc) is 2.96. The lowest BCUT2D eigenvalue weighted by atomic mass is 10.0. The lowest BCUT2D eigenvalue weighted by molar-refractivity contribution is 0.0499. The van der Waals surface area contributed by atoms with E-state index >= 15 is 0 Å². The van der Waals surface area contributed by atoms with Gasteiger partial charge in [-0.05, 0) is 77.3 Å². The van der Waals surface area contributed by atoms with E-state index in [1.54, 1.807) is 45.0 Å². The van der Waals surface area contributed by atoms with Crippen LogP contribution in [0.5, 0.6) is 5.75 Å². The van der Waals surface area contributed by atoms with Gasteiger partial charge in [-0.2, -0.15) is 0 Å². The van der Waals surface area contributed by atoms with Crippen LogP contribution in [0.4, 0.5) is 4.79 Å². The Balaban J connectivity index is 1.70. The molecule has 0 saturated heterocycles. The highest BCUT2D eigenvalue weighted by atomic mass is 16.6. The zero-order valence-electron chi connectivity index (χ0n) is 19.9. The topological polar surface area (TPSA) is 84.9 Å². The highest BCUT2D eigenvalue weighted by molar-refractivity contribution is 6.21. The summed E-state index contributed by atoms with van der Waals surface area (Å²) in [6.07, 6.45) is 0.464. The molecule has 0 unspecified atom stereocenters. The Morgan fingerprint density at radius 2 is 1.55 bits per heavy atom. The number of amides is 3. The van der Waals surface area contributed by atoms with Gasteiger partial charge in [-0.15, -0.1) is 0 Å². The largest absolute Gasteiger partial charge is 0.491 e. The Morgan fingerprint density at radius 3 is 2.06 bits per heavy atom. The van der Waals surface area contributed by atoms with Gasteiger partial charge in [0.05, 0.1) is 17.2 Å². The number of imide groups is 1. The standard InChI is InChI=1S/C26H32N2O5/c1-17(2)32-20-12-10-18(11-13-20)16-19(27-25(31)33-26(3,4)5)14-15-28-23(29)21-8-6-7-9-22(21)24(28)30/h6-13,17,19H,14-16H2,1-5H3,(H,27,31)/t19-/m1/s1. The molecule has 3 amide bonds. The van der Waals surface area contributed by atoms with Gasteiger partial charge in [0.15, 0.2) is 0 Å². The molecule has 2 aromatic carbocycles. The fourth-order valence-corrected chi connectivity index (χ4v) is 3.69. The monoisotopic (exact) mass is 452 g/mol. The number of carbonyl (C=O) groups is 3. The molecule has 0 saturated carbocycles. The average molecular weight is 453 g/mol. The van der Waals surface area contributed by atoms with E-state index in [-0.39, 0.29) is 30.5 Å². The molecule has 0 radical (unpaired) electrons. The van der Waals surface area contributed by atoms with E-state index in [4.69, 9.17) is 9.47 Å². The highest BCUT2D eigenvalue weighted by Gasteiger charge is 2.35. The molecule has 0 bridgehead atoms. The summed E-state index contributed by atoms with van der Waals surface area (Å²) >= 11 is 0. The second-order valence-electron chi connectivity index (χ2n) is 9.45. The summed E-state index contributed by atoms with van der Waals surface area (Å²) in [5, 5.41) is 2.90. The minimum absolute atomic E-state index is 0.0806. The molecule has 0 aliphatic carbocycles. The number of alkyl carbamates (subject to hydrolysis) is 1. The number of nitrogens with one attached hydrogen (secondary N) is 1. The maximum atomic E-state index is 12.7. The summed E-state index contributed by atoms with van der Waals surface area (Å²) in [5.41, 5.74) is 1.20. The number of carbonyl (C=O) groups excluding carboxylic acids is 3. The van der Waals surface area contributed by atoms with Crippen LogP contribution in [0.3, 0.4) is 0 Å². The molecule has 2 aromatic rings. The van der Waals surface area contributed by atoms with Gasteiger partial charge >= 0.3 is 6.09 Å². The minimum Gasteiger partial charge on any atom is -0.491 e. The van der Waals surface area contributed by atoms with Gasteiger partial charge in [0.1, 0.15) is 11.4 Å². The third kappa shape index (κ3) is 6.57. The van der Waals surface area contributed by atoms with Gasteiger partial charge in [-0.3, -0.25) is 14.5 Å². The van der Waals surface area contributed by atoms with Crippen LogP contribution in [0.15, 0.2) is 48.5 Å². The second kappa shape index (κ2) is 10.1. The fraction of sp³-hybridized carbons (Fsp3) is 0.423. The van der Waals surface area contributed by atoms with E-state index in [2.05, 4.69) is 5.32 Å². The van der Waals surface area contributed by atoms with E-state index in [9.17, 15) is 14.4 Å². The maximum absolute atomic E-state index is 12.7. The highest BCUT2D eigenvalue weighted by Crippen LogP contribution is 2.23. The summed E-state index contributed by atoms with van der Waals surface area (Å²) < 4.78 is 11.1. The van der Waals surface area contributed by atoms with Gasteiger partial charge < -0.3 is 14.8 Å². The molecule has 0 aromatic heterocycles. The van der Waals surface area contributed by atoms with E-state index in [1.807, 2.05) is 38.1 Å². The number of fused-ring (bicyclic) bond motifs is 1. The fourth-order valence-electron chi connectivity index (χ4n) is 3.69. The third-order valence-corrected chi connectivity index (χ3v) is 5.08. The lowest BCUT2D eigenvalue weighted by Gasteiger charge is -2.25. The molecule has 176 valence electrons. The number of nitrogens with zero attached hydrogens (tertiary/aromatic N) is 1. The van der Waals surface area contributed by atoms with Crippen LogP contribution in [0.2, 0.25) is 0 Å². The molecule has 7 nitrogen and oxygen atoms in total. The van der Waals surface area contributed by atoms with Crippen molar-refractivity contribution in [1.29, 1.82) is 0 Å². The van der Waals surface area contributed by atoms with Crippen LogP contribution < -0.4 is 10.1 Å². The first-order valence-electron chi connectivity index (χ1n) is 11.2. The Labute approximate surface area is 195 Å². The van der Waals surface area contributed by atoms with E-state index in [0.29, 0.717) is 24.0 Å². The van der Waals surface area contributed by atoms with Gasteiger partial charge in [0.25, 0.3) is 11.8 Å². The van der Waals surface area contributed by atoms with Crippen molar-refractivity contribution in [3.8, 4) is 5.75 Å². The first-order valence-corrected chi connectivity index (χ1v) is 11.2. The van der Waals surface area contributed by atoms with Gasteiger partial charge in [0.2, 0.25) is 0 Å². The Kier molecular flexibility index (Phi) is 7.41. The molecule has 1 heterocycles. The number of benzene rings is 2. The number of hydrogen-bond donors (Lipinski definition) is 1. The van der Waals surface area contributed by atoms with Crippen molar-refractivity contribution in [2.24, 2.45) is 0 Å². The van der Waals surface area contributed by atoms with Crippen molar-refractivity contribution in [3.63, 3.8) is 0 Å². The Morgan fingerprint density at radius 1 is 0.970 bits per heavy atom. The summed E-state index contributed by atoms with van der Waals surface area (Å²) in [6, 6.07) is 14.2. The molecular weight excluding hydrogens is 420 g/mol. The third-order valence-electron chi connectivity index (χ3n) is 5.08. The number of ether oxygens (including phenoxy) is 2. The van der Waals surface area contributed by atoms with Crippen LogP contribution in [-0.4, -0.2) is 47.1 Å². The van der Waals surface area contributed by atoms with Crippen LogP contribution >= 0.6 is 0 Å². The first kappa shape index (κ1) is 24.3. The zero-order valence-corrected chi connectivity index (χ0v) is 19.9. The van der Waals surface area contributed by atoms with Crippen molar-refractivity contribution in [2.45, 2.75) is 65.2 Å². The van der Waals surface area contributed by atoms with Crippen LogP contribution in [-0.2, 0) is 11.2 Å². The van der Waals surface area contributed by atoms with Crippen LogP contribution in [0.25, 0.3) is 0 Å². The molecule has 1 atom stereocenters. The van der Waals surface area contributed by atoms with Crippen LogP contribution in [0.1, 0.15) is 67.3 Å². The molecule has 1 N–H and O–H groups in total.